The number of carbonyl (C=O) groups excluding carboxylic acids is 3. The Morgan fingerprint density at radius 2 is 1.77 bits per heavy atom. The summed E-state index contributed by atoms with van der Waals surface area (Å²) >= 11 is 0. The molecule has 0 aromatic heterocycles. The lowest BCUT2D eigenvalue weighted by Crippen LogP contribution is -2.69. The number of likely N-dealkylation sites (N-methyl/N-ethyl adjacent to an activating group) is 1. The van der Waals surface area contributed by atoms with Crippen molar-refractivity contribution in [2.24, 2.45) is 5.92 Å². The SMILES string of the molecule is COc1c(C)cc2c(c1O)[C@H]1C3Cc4c(OC(C)=O)c(C)c5c(c4[C@H](CNC(=O)C(C)NC(=O)CC(C)C)N3C(O)[C@@H](C2)N1C)OCO5. The highest BCUT2D eigenvalue weighted by Gasteiger charge is 2.56. The molecule has 0 saturated carbocycles. The number of aliphatic hydroxyl groups excluding tert-OH is 1. The Kier molecular flexibility index (Phi) is 8.98. The number of methoxy groups -OCH3 is 1. The first-order chi connectivity index (χ1) is 22.7. The molecule has 6 rings (SSSR count). The van der Waals surface area contributed by atoms with Crippen molar-refractivity contribution in [3.05, 3.63) is 39.4 Å². The maximum Gasteiger partial charge on any atom is 0.308 e. The number of hydrogen-bond acceptors (Lipinski definition) is 11. The largest absolute Gasteiger partial charge is 0.504 e. The number of rotatable bonds is 8. The molecule has 1 fully saturated rings. The van der Waals surface area contributed by atoms with E-state index >= 15 is 0 Å². The molecule has 0 aliphatic carbocycles. The van der Waals surface area contributed by atoms with Crippen LogP contribution in [0.4, 0.5) is 0 Å². The zero-order valence-corrected chi connectivity index (χ0v) is 28.8. The number of fused-ring (bicyclic) bond motifs is 9. The predicted molar refractivity (Wildman–Crippen MR) is 174 cm³/mol. The fraction of sp³-hybridized carbons (Fsp3) is 0.571. The Labute approximate surface area is 280 Å². The summed E-state index contributed by atoms with van der Waals surface area (Å²) in [6, 6.07) is -0.621. The predicted octanol–water partition coefficient (Wildman–Crippen LogP) is 2.54. The van der Waals surface area contributed by atoms with Gasteiger partial charge in [0.2, 0.25) is 18.6 Å². The van der Waals surface area contributed by atoms with E-state index in [1.807, 2.05) is 45.7 Å². The van der Waals surface area contributed by atoms with Crippen molar-refractivity contribution in [1.82, 2.24) is 20.4 Å². The number of nitrogens with one attached hydrogen (secondary N) is 2. The first kappa shape index (κ1) is 33.8. The summed E-state index contributed by atoms with van der Waals surface area (Å²) < 4.78 is 23.4. The van der Waals surface area contributed by atoms with Crippen LogP contribution in [0.5, 0.6) is 28.7 Å². The number of nitrogens with zero attached hydrogens (tertiary/aromatic N) is 2. The number of phenolic OH excluding ortho intramolecular Hbond substituents is 1. The third kappa shape index (κ3) is 5.51. The molecule has 2 amide bonds. The third-order valence-electron chi connectivity index (χ3n) is 10.2. The number of esters is 1. The molecule has 4 heterocycles. The lowest BCUT2D eigenvalue weighted by Gasteiger charge is -2.60. The minimum Gasteiger partial charge on any atom is -0.504 e. The van der Waals surface area contributed by atoms with Gasteiger partial charge in [-0.3, -0.25) is 24.2 Å². The van der Waals surface area contributed by atoms with E-state index in [1.54, 1.807) is 6.92 Å². The van der Waals surface area contributed by atoms with Crippen LogP contribution in [0.3, 0.4) is 0 Å². The summed E-state index contributed by atoms with van der Waals surface area (Å²) in [6.07, 6.45) is 0.116. The molecule has 6 atom stereocenters. The molecule has 13 nitrogen and oxygen atoms in total. The molecule has 2 aromatic rings. The Bertz CT molecular complexity index is 1660. The smallest absolute Gasteiger partial charge is 0.308 e. The average Bonchev–Trinajstić information content (AvgIpc) is 3.50. The second kappa shape index (κ2) is 12.8. The van der Waals surface area contributed by atoms with E-state index in [0.717, 1.165) is 16.7 Å². The third-order valence-corrected chi connectivity index (χ3v) is 10.2. The van der Waals surface area contributed by atoms with Gasteiger partial charge < -0.3 is 39.8 Å². The Balaban J connectivity index is 1.48. The van der Waals surface area contributed by atoms with Crippen molar-refractivity contribution in [2.75, 3.05) is 27.5 Å². The molecular weight excluding hydrogens is 620 g/mol. The van der Waals surface area contributed by atoms with Crippen LogP contribution in [-0.2, 0) is 27.2 Å². The highest BCUT2D eigenvalue weighted by molar-refractivity contribution is 5.87. The fourth-order valence-electron chi connectivity index (χ4n) is 8.21. The number of ether oxygens (including phenoxy) is 4. The van der Waals surface area contributed by atoms with E-state index in [9.17, 15) is 24.6 Å². The van der Waals surface area contributed by atoms with Crippen LogP contribution in [0.25, 0.3) is 0 Å². The van der Waals surface area contributed by atoms with Crippen molar-refractivity contribution >= 4 is 17.8 Å². The van der Waals surface area contributed by atoms with Gasteiger partial charge in [0.25, 0.3) is 0 Å². The van der Waals surface area contributed by atoms with Gasteiger partial charge in [0.05, 0.1) is 25.2 Å². The second-order valence-corrected chi connectivity index (χ2v) is 13.8. The van der Waals surface area contributed by atoms with Gasteiger partial charge in [-0.1, -0.05) is 19.9 Å². The molecule has 1 saturated heterocycles. The number of carbonyl (C=O) groups is 3. The number of phenols is 1. The lowest BCUT2D eigenvalue weighted by atomic mass is 9.73. The number of amides is 2. The Hall–Kier alpha value is -4.07. The van der Waals surface area contributed by atoms with Crippen LogP contribution in [0, 0.1) is 19.8 Å². The highest BCUT2D eigenvalue weighted by atomic mass is 16.7. The Morgan fingerprint density at radius 1 is 1.06 bits per heavy atom. The van der Waals surface area contributed by atoms with Crippen LogP contribution in [0.15, 0.2) is 6.07 Å². The van der Waals surface area contributed by atoms with Gasteiger partial charge in [-0.05, 0) is 57.7 Å². The van der Waals surface area contributed by atoms with Crippen molar-refractivity contribution in [3.8, 4) is 28.7 Å². The maximum atomic E-state index is 13.4. The first-order valence-corrected chi connectivity index (χ1v) is 16.5. The number of hydrogen-bond donors (Lipinski definition) is 4. The van der Waals surface area contributed by atoms with E-state index in [1.165, 1.54) is 14.0 Å². The van der Waals surface area contributed by atoms with Crippen molar-refractivity contribution in [1.29, 1.82) is 0 Å². The summed E-state index contributed by atoms with van der Waals surface area (Å²) in [5.74, 6) is 0.770. The van der Waals surface area contributed by atoms with Crippen LogP contribution in [0.1, 0.15) is 79.6 Å². The van der Waals surface area contributed by atoms with Gasteiger partial charge in [-0.2, -0.15) is 0 Å². The van der Waals surface area contributed by atoms with Gasteiger partial charge >= 0.3 is 5.97 Å². The molecule has 4 aliphatic heterocycles. The molecule has 48 heavy (non-hydrogen) atoms. The second-order valence-electron chi connectivity index (χ2n) is 13.8. The molecule has 0 radical (unpaired) electrons. The molecule has 3 unspecified atom stereocenters. The van der Waals surface area contributed by atoms with E-state index < -0.39 is 36.4 Å². The van der Waals surface area contributed by atoms with Crippen LogP contribution < -0.4 is 29.6 Å². The minimum absolute atomic E-state index is 0.0372. The van der Waals surface area contributed by atoms with Gasteiger partial charge in [0.15, 0.2) is 23.0 Å². The maximum absolute atomic E-state index is 13.4. The number of aliphatic hydroxyl groups is 1. The van der Waals surface area contributed by atoms with E-state index in [0.29, 0.717) is 59.0 Å². The zero-order valence-electron chi connectivity index (χ0n) is 28.8. The number of aromatic hydroxyl groups is 1. The first-order valence-electron chi connectivity index (χ1n) is 16.5. The van der Waals surface area contributed by atoms with Gasteiger partial charge in [0.1, 0.15) is 18.0 Å². The van der Waals surface area contributed by atoms with Crippen molar-refractivity contribution in [3.63, 3.8) is 0 Å². The van der Waals surface area contributed by atoms with E-state index in [2.05, 4.69) is 15.5 Å². The zero-order chi connectivity index (χ0) is 34.8. The van der Waals surface area contributed by atoms with Gasteiger partial charge in [-0.15, -0.1) is 0 Å². The van der Waals surface area contributed by atoms with Crippen LogP contribution >= 0.6 is 0 Å². The molecular formula is C35H46N4O9. The monoisotopic (exact) mass is 666 g/mol. The summed E-state index contributed by atoms with van der Waals surface area (Å²) in [5.41, 5.74) is 4.42. The number of piperazine rings is 1. The summed E-state index contributed by atoms with van der Waals surface area (Å²) in [4.78, 5) is 42.4. The van der Waals surface area contributed by atoms with E-state index in [4.69, 9.17) is 18.9 Å². The Morgan fingerprint density at radius 3 is 2.44 bits per heavy atom. The average molecular weight is 667 g/mol. The molecule has 4 N–H and O–H groups in total. The molecule has 2 bridgehead atoms. The van der Waals surface area contributed by atoms with Gasteiger partial charge in [0, 0.05) is 48.2 Å². The number of benzene rings is 2. The molecule has 4 aliphatic rings. The molecule has 0 spiro atoms. The minimum atomic E-state index is -0.983. The van der Waals surface area contributed by atoms with E-state index in [-0.39, 0.29) is 42.9 Å². The fourth-order valence-corrected chi connectivity index (χ4v) is 8.21. The topological polar surface area (TPSA) is 159 Å². The van der Waals surface area contributed by atoms with Crippen LogP contribution in [0.2, 0.25) is 0 Å². The normalized spacial score (nSPS) is 24.7. The standard InChI is InChI=1S/C35H46N4O9/c1-15(2)9-25(41)37-18(5)34(43)36-13-24-27-21(31(48-19(6)40)17(4)32-33(27)47-14-46-32)12-22-28-26-20(10-16(3)30(45-8)29(26)42)11-23(38(28)7)35(44)39(22)24/h10,15,18,22-24,28,35,42,44H,9,11-14H2,1-8H3,(H,36,43)(H,37,41)/t18?,22?,23-,24+,28-,35?/m1/s1. The van der Waals surface area contributed by atoms with Crippen molar-refractivity contribution in [2.45, 2.75) is 97.2 Å². The lowest BCUT2D eigenvalue weighted by molar-refractivity contribution is -0.172. The van der Waals surface area contributed by atoms with Crippen molar-refractivity contribution < 1.29 is 43.5 Å². The summed E-state index contributed by atoms with van der Waals surface area (Å²) in [7, 11) is 3.47. The summed E-state index contributed by atoms with van der Waals surface area (Å²) in [5, 5.41) is 29.6. The summed E-state index contributed by atoms with van der Waals surface area (Å²) in [6.45, 7) is 10.5. The molecule has 2 aromatic carbocycles. The molecule has 13 heteroatoms. The van der Waals surface area contributed by atoms with Crippen LogP contribution in [-0.4, -0.2) is 89.6 Å². The quantitative estimate of drug-likeness (QED) is 0.242. The number of aryl methyl sites for hydroxylation is 1. The molecule has 260 valence electrons. The van der Waals surface area contributed by atoms with Gasteiger partial charge in [-0.25, -0.2) is 0 Å². The highest BCUT2D eigenvalue weighted by Crippen LogP contribution is 2.58.